The van der Waals surface area contributed by atoms with Gasteiger partial charge in [-0.2, -0.15) is 0 Å². The minimum Gasteiger partial charge on any atom is -0.381 e. The zero-order valence-electron chi connectivity index (χ0n) is 5.77. The Morgan fingerprint density at radius 3 is 2.80 bits per heavy atom. The standard InChI is InChI=1S/C6H11F2NO/c1-5(7)2-6(8)3-9-4-10/h2,6,9-10H,3-4H2,1H3/b5-2+. The van der Waals surface area contributed by atoms with Crippen LogP contribution in [0.2, 0.25) is 0 Å². The Kier molecular flexibility index (Phi) is 5.06. The van der Waals surface area contributed by atoms with Crippen molar-refractivity contribution in [2.24, 2.45) is 0 Å². The van der Waals surface area contributed by atoms with E-state index in [9.17, 15) is 8.78 Å². The molecule has 0 aliphatic carbocycles. The molecule has 0 bridgehead atoms. The van der Waals surface area contributed by atoms with Gasteiger partial charge in [0.05, 0.1) is 12.6 Å². The summed E-state index contributed by atoms with van der Waals surface area (Å²) >= 11 is 0. The predicted octanol–water partition coefficient (Wildman–Crippen LogP) is 0.737. The average molecular weight is 151 g/mol. The van der Waals surface area contributed by atoms with Crippen LogP contribution in [0.5, 0.6) is 0 Å². The Morgan fingerprint density at radius 1 is 1.80 bits per heavy atom. The number of allylic oxidation sites excluding steroid dienone is 1. The van der Waals surface area contributed by atoms with E-state index in [0.717, 1.165) is 6.08 Å². The molecule has 4 heteroatoms. The highest BCUT2D eigenvalue weighted by molar-refractivity contribution is 4.93. The molecule has 1 unspecified atom stereocenters. The van der Waals surface area contributed by atoms with Crippen molar-refractivity contribution in [3.8, 4) is 0 Å². The van der Waals surface area contributed by atoms with Crippen molar-refractivity contribution >= 4 is 0 Å². The van der Waals surface area contributed by atoms with Gasteiger partial charge in [0.25, 0.3) is 0 Å². The van der Waals surface area contributed by atoms with Gasteiger partial charge in [-0.05, 0) is 13.0 Å². The van der Waals surface area contributed by atoms with Crippen LogP contribution in [0.15, 0.2) is 11.9 Å². The summed E-state index contributed by atoms with van der Waals surface area (Å²) in [6, 6.07) is 0. The third-order valence-electron chi connectivity index (χ3n) is 0.862. The van der Waals surface area contributed by atoms with Crippen LogP contribution in [0.3, 0.4) is 0 Å². The van der Waals surface area contributed by atoms with E-state index >= 15 is 0 Å². The molecule has 0 aliphatic heterocycles. The maximum Gasteiger partial charge on any atom is 0.133 e. The monoisotopic (exact) mass is 151 g/mol. The SMILES string of the molecule is C/C(F)=C\C(F)CNCO. The fraction of sp³-hybridized carbons (Fsp3) is 0.667. The maximum absolute atomic E-state index is 12.4. The van der Waals surface area contributed by atoms with Gasteiger partial charge in [0.15, 0.2) is 0 Å². The molecule has 0 amide bonds. The lowest BCUT2D eigenvalue weighted by Crippen LogP contribution is -2.23. The Hall–Kier alpha value is -0.480. The lowest BCUT2D eigenvalue weighted by Gasteiger charge is -2.01. The number of aliphatic hydroxyl groups is 1. The van der Waals surface area contributed by atoms with Crippen molar-refractivity contribution in [3.05, 3.63) is 11.9 Å². The van der Waals surface area contributed by atoms with Gasteiger partial charge in [-0.25, -0.2) is 8.78 Å². The fourth-order valence-corrected chi connectivity index (χ4v) is 0.511. The zero-order chi connectivity index (χ0) is 7.98. The Labute approximate surface area is 58.5 Å². The third-order valence-corrected chi connectivity index (χ3v) is 0.862. The van der Waals surface area contributed by atoms with E-state index in [1.807, 2.05) is 0 Å². The molecular formula is C6H11F2NO. The maximum atomic E-state index is 12.4. The number of rotatable bonds is 4. The number of alkyl halides is 1. The van der Waals surface area contributed by atoms with E-state index in [1.54, 1.807) is 0 Å². The minimum absolute atomic E-state index is 0.0578. The van der Waals surface area contributed by atoms with E-state index in [-0.39, 0.29) is 13.3 Å². The van der Waals surface area contributed by atoms with Crippen molar-refractivity contribution in [2.75, 3.05) is 13.3 Å². The van der Waals surface area contributed by atoms with E-state index in [0.29, 0.717) is 0 Å². The van der Waals surface area contributed by atoms with Crippen LogP contribution in [0, 0.1) is 0 Å². The Balaban J connectivity index is 3.43. The van der Waals surface area contributed by atoms with Crippen molar-refractivity contribution in [1.82, 2.24) is 5.32 Å². The molecule has 2 N–H and O–H groups in total. The second-order valence-electron chi connectivity index (χ2n) is 1.88. The smallest absolute Gasteiger partial charge is 0.133 e. The molecule has 0 radical (unpaired) electrons. The van der Waals surface area contributed by atoms with E-state index in [2.05, 4.69) is 5.32 Å². The highest BCUT2D eigenvalue weighted by atomic mass is 19.1. The van der Waals surface area contributed by atoms with Gasteiger partial charge < -0.3 is 5.11 Å². The number of aliphatic hydroxyl groups excluding tert-OH is 1. The van der Waals surface area contributed by atoms with Gasteiger partial charge in [-0.3, -0.25) is 5.32 Å². The number of hydrogen-bond acceptors (Lipinski definition) is 2. The van der Waals surface area contributed by atoms with Crippen molar-refractivity contribution in [2.45, 2.75) is 13.1 Å². The summed E-state index contributed by atoms with van der Waals surface area (Å²) in [5, 5.41) is 10.5. The lowest BCUT2D eigenvalue weighted by atomic mass is 10.3. The van der Waals surface area contributed by atoms with Gasteiger partial charge in [0.1, 0.15) is 6.17 Å². The minimum atomic E-state index is -1.36. The molecule has 0 aromatic carbocycles. The summed E-state index contributed by atoms with van der Waals surface area (Å²) in [5.41, 5.74) is 0. The second-order valence-corrected chi connectivity index (χ2v) is 1.88. The molecule has 0 saturated carbocycles. The van der Waals surface area contributed by atoms with Gasteiger partial charge in [-0.15, -0.1) is 0 Å². The van der Waals surface area contributed by atoms with Crippen LogP contribution >= 0.6 is 0 Å². The average Bonchev–Trinajstić information content (AvgIpc) is 1.82. The third kappa shape index (κ3) is 5.65. The summed E-state index contributed by atoms with van der Waals surface area (Å²) in [7, 11) is 0. The molecule has 0 aromatic heterocycles. The van der Waals surface area contributed by atoms with E-state index < -0.39 is 12.0 Å². The van der Waals surface area contributed by atoms with Crippen molar-refractivity contribution in [1.29, 1.82) is 0 Å². The molecule has 10 heavy (non-hydrogen) atoms. The number of halogens is 2. The first kappa shape index (κ1) is 9.52. The summed E-state index contributed by atoms with van der Waals surface area (Å²) in [6.45, 7) is 0.822. The van der Waals surface area contributed by atoms with Crippen LogP contribution in [-0.4, -0.2) is 24.6 Å². The molecule has 0 saturated heterocycles. The molecule has 0 aromatic rings. The van der Waals surface area contributed by atoms with Gasteiger partial charge >= 0.3 is 0 Å². The van der Waals surface area contributed by atoms with E-state index in [1.165, 1.54) is 6.92 Å². The van der Waals surface area contributed by atoms with E-state index in [4.69, 9.17) is 5.11 Å². The predicted molar refractivity (Wildman–Crippen MR) is 34.8 cm³/mol. The Bertz CT molecular complexity index is 112. The first-order valence-corrected chi connectivity index (χ1v) is 2.96. The van der Waals surface area contributed by atoms with Crippen LogP contribution in [0.25, 0.3) is 0 Å². The van der Waals surface area contributed by atoms with Gasteiger partial charge in [0, 0.05) is 6.54 Å². The highest BCUT2D eigenvalue weighted by Crippen LogP contribution is 1.98. The van der Waals surface area contributed by atoms with Crippen molar-refractivity contribution in [3.63, 3.8) is 0 Å². The molecular weight excluding hydrogens is 140 g/mol. The summed E-state index contributed by atoms with van der Waals surface area (Å²) in [4.78, 5) is 0. The fourth-order valence-electron chi connectivity index (χ4n) is 0.511. The highest BCUT2D eigenvalue weighted by Gasteiger charge is 2.00. The molecule has 0 spiro atoms. The van der Waals surface area contributed by atoms with Crippen molar-refractivity contribution < 1.29 is 13.9 Å². The summed E-state index contributed by atoms with van der Waals surface area (Å²) in [5.74, 6) is -0.549. The molecule has 0 fully saturated rings. The summed E-state index contributed by atoms with van der Waals surface area (Å²) < 4.78 is 24.3. The van der Waals surface area contributed by atoms with Gasteiger partial charge in [-0.1, -0.05) is 0 Å². The summed E-state index contributed by atoms with van der Waals surface area (Å²) in [6.07, 6.45) is -0.514. The van der Waals surface area contributed by atoms with Crippen LogP contribution in [0.1, 0.15) is 6.92 Å². The van der Waals surface area contributed by atoms with Crippen LogP contribution in [-0.2, 0) is 0 Å². The molecule has 1 atom stereocenters. The Morgan fingerprint density at radius 2 is 2.40 bits per heavy atom. The molecule has 2 nitrogen and oxygen atoms in total. The van der Waals surface area contributed by atoms with Crippen LogP contribution < -0.4 is 5.32 Å². The zero-order valence-corrected chi connectivity index (χ0v) is 5.77. The number of nitrogens with one attached hydrogen (secondary N) is 1. The first-order chi connectivity index (χ1) is 4.66. The molecule has 0 aliphatic rings. The normalized spacial score (nSPS) is 15.4. The number of hydrogen-bond donors (Lipinski definition) is 2. The van der Waals surface area contributed by atoms with Crippen LogP contribution in [0.4, 0.5) is 8.78 Å². The quantitative estimate of drug-likeness (QED) is 0.581. The van der Waals surface area contributed by atoms with Gasteiger partial charge in [0.2, 0.25) is 0 Å². The first-order valence-electron chi connectivity index (χ1n) is 2.96. The lowest BCUT2D eigenvalue weighted by molar-refractivity contribution is 0.243. The molecule has 0 heterocycles. The second kappa shape index (κ2) is 5.32. The molecule has 0 rings (SSSR count). The molecule has 60 valence electrons. The topological polar surface area (TPSA) is 32.3 Å². The largest absolute Gasteiger partial charge is 0.381 e.